The molecule has 1 N–H and O–H groups in total. The monoisotopic (exact) mass is 438 g/mol. The van der Waals surface area contributed by atoms with Gasteiger partial charge in [-0.25, -0.2) is 4.79 Å². The van der Waals surface area contributed by atoms with Gasteiger partial charge < -0.3 is 10.2 Å². The standard InChI is InChI=1S/C23H26N4O3S/c28-20(26-12-10-25(11-13-26)15-17-5-2-1-3-6-17)16-27-21(29)23(24-22(27)30)9-4-7-19-18(23)8-14-31-19/h1-3,5-6,8,14H,4,7,9-13,15-16H2,(H,24,30). The van der Waals surface area contributed by atoms with Gasteiger partial charge in [-0.1, -0.05) is 30.3 Å². The first-order chi connectivity index (χ1) is 15.1. The Labute approximate surface area is 185 Å². The fraction of sp³-hybridized carbons (Fsp3) is 0.435. The van der Waals surface area contributed by atoms with E-state index in [1.54, 1.807) is 16.2 Å². The molecule has 3 aliphatic rings. The fourth-order valence-corrected chi connectivity index (χ4v) is 5.92. The minimum atomic E-state index is -0.987. The molecule has 2 aromatic rings. The maximum atomic E-state index is 13.3. The van der Waals surface area contributed by atoms with E-state index in [1.165, 1.54) is 5.56 Å². The molecular formula is C23H26N4O3S. The summed E-state index contributed by atoms with van der Waals surface area (Å²) in [6, 6.07) is 11.8. The number of benzene rings is 1. The van der Waals surface area contributed by atoms with Gasteiger partial charge in [0.1, 0.15) is 12.1 Å². The first-order valence-corrected chi connectivity index (χ1v) is 11.7. The highest BCUT2D eigenvalue weighted by molar-refractivity contribution is 7.10. The maximum absolute atomic E-state index is 13.3. The number of imide groups is 1. The topological polar surface area (TPSA) is 73.0 Å². The number of urea groups is 1. The Morgan fingerprint density at radius 3 is 2.61 bits per heavy atom. The molecule has 1 atom stereocenters. The molecule has 8 heteroatoms. The van der Waals surface area contributed by atoms with E-state index >= 15 is 0 Å². The third-order valence-corrected chi connectivity index (χ3v) is 7.58. The second-order valence-corrected chi connectivity index (χ2v) is 9.48. The maximum Gasteiger partial charge on any atom is 0.325 e. The van der Waals surface area contributed by atoms with E-state index < -0.39 is 11.6 Å². The van der Waals surface area contributed by atoms with Gasteiger partial charge in [0.15, 0.2) is 0 Å². The van der Waals surface area contributed by atoms with E-state index in [1.807, 2.05) is 29.6 Å². The smallest absolute Gasteiger partial charge is 0.325 e. The molecular weight excluding hydrogens is 412 g/mol. The zero-order valence-corrected chi connectivity index (χ0v) is 18.2. The van der Waals surface area contributed by atoms with Crippen molar-refractivity contribution in [2.24, 2.45) is 0 Å². The highest BCUT2D eigenvalue weighted by Gasteiger charge is 2.54. The zero-order chi connectivity index (χ0) is 21.4. The summed E-state index contributed by atoms with van der Waals surface area (Å²) in [7, 11) is 0. The molecule has 0 saturated carbocycles. The molecule has 7 nitrogen and oxygen atoms in total. The number of nitrogens with one attached hydrogen (secondary N) is 1. The van der Waals surface area contributed by atoms with Crippen molar-refractivity contribution < 1.29 is 14.4 Å². The van der Waals surface area contributed by atoms with Crippen molar-refractivity contribution in [3.8, 4) is 0 Å². The lowest BCUT2D eigenvalue weighted by molar-refractivity contribution is -0.140. The number of carbonyl (C=O) groups is 3. The van der Waals surface area contributed by atoms with Gasteiger partial charge in [-0.2, -0.15) is 0 Å². The summed E-state index contributed by atoms with van der Waals surface area (Å²) < 4.78 is 0. The second kappa shape index (κ2) is 8.09. The van der Waals surface area contributed by atoms with E-state index in [2.05, 4.69) is 22.3 Å². The number of rotatable bonds is 4. The van der Waals surface area contributed by atoms with Crippen LogP contribution in [0.5, 0.6) is 0 Å². The molecule has 0 bridgehead atoms. The first-order valence-electron chi connectivity index (χ1n) is 10.8. The molecule has 2 fully saturated rings. The zero-order valence-electron chi connectivity index (χ0n) is 17.4. The number of carbonyl (C=O) groups excluding carboxylic acids is 3. The molecule has 1 aromatic carbocycles. The Bertz CT molecular complexity index is 999. The average Bonchev–Trinajstić information content (AvgIpc) is 3.36. The van der Waals surface area contributed by atoms with Gasteiger partial charge in [0.2, 0.25) is 5.91 Å². The molecule has 5 rings (SSSR count). The summed E-state index contributed by atoms with van der Waals surface area (Å²) in [4.78, 5) is 45.3. The summed E-state index contributed by atoms with van der Waals surface area (Å²) in [6.45, 7) is 3.45. The van der Waals surface area contributed by atoms with Gasteiger partial charge in [0, 0.05) is 43.2 Å². The molecule has 4 amide bonds. The van der Waals surface area contributed by atoms with Crippen LogP contribution in [0.25, 0.3) is 0 Å². The lowest BCUT2D eigenvalue weighted by Crippen LogP contribution is -2.52. The predicted molar refractivity (Wildman–Crippen MR) is 117 cm³/mol. The van der Waals surface area contributed by atoms with Crippen LogP contribution in [0.3, 0.4) is 0 Å². The van der Waals surface area contributed by atoms with Crippen LogP contribution < -0.4 is 5.32 Å². The molecule has 31 heavy (non-hydrogen) atoms. The molecule has 1 spiro atoms. The Kier molecular flexibility index (Phi) is 5.27. The van der Waals surface area contributed by atoms with Crippen molar-refractivity contribution in [2.45, 2.75) is 31.3 Å². The average molecular weight is 439 g/mol. The van der Waals surface area contributed by atoms with Crippen molar-refractivity contribution in [1.29, 1.82) is 0 Å². The largest absolute Gasteiger partial charge is 0.339 e. The van der Waals surface area contributed by atoms with Crippen LogP contribution in [0.1, 0.15) is 28.8 Å². The number of thiophene rings is 1. The summed E-state index contributed by atoms with van der Waals surface area (Å²) in [5, 5.41) is 4.89. The molecule has 3 heterocycles. The third-order valence-electron chi connectivity index (χ3n) is 6.60. The summed E-state index contributed by atoms with van der Waals surface area (Å²) in [5.74, 6) is -0.450. The molecule has 2 aliphatic heterocycles. The van der Waals surface area contributed by atoms with E-state index in [9.17, 15) is 14.4 Å². The van der Waals surface area contributed by atoms with Gasteiger partial charge in [0.05, 0.1) is 0 Å². The SMILES string of the molecule is O=C(CN1C(=O)NC2(CCCc3sccc32)C1=O)N1CCN(Cc2ccccc2)CC1. The van der Waals surface area contributed by atoms with Gasteiger partial charge >= 0.3 is 6.03 Å². The molecule has 1 aliphatic carbocycles. The second-order valence-electron chi connectivity index (χ2n) is 8.48. The van der Waals surface area contributed by atoms with Crippen LogP contribution in [0, 0.1) is 0 Å². The lowest BCUT2D eigenvalue weighted by atomic mass is 9.80. The Morgan fingerprint density at radius 2 is 1.84 bits per heavy atom. The van der Waals surface area contributed by atoms with E-state index in [4.69, 9.17) is 0 Å². The quantitative estimate of drug-likeness (QED) is 0.743. The van der Waals surface area contributed by atoms with Crippen molar-refractivity contribution >= 4 is 29.2 Å². The van der Waals surface area contributed by atoms with E-state index in [0.717, 1.165) is 47.8 Å². The summed E-state index contributed by atoms with van der Waals surface area (Å²) >= 11 is 1.63. The van der Waals surface area contributed by atoms with Crippen LogP contribution in [-0.4, -0.2) is 65.3 Å². The van der Waals surface area contributed by atoms with Crippen LogP contribution in [0.15, 0.2) is 41.8 Å². The summed E-state index contributed by atoms with van der Waals surface area (Å²) in [5.41, 5.74) is 1.18. The number of hydrogen-bond acceptors (Lipinski definition) is 5. The number of aryl methyl sites for hydroxylation is 1. The minimum absolute atomic E-state index is 0.165. The first kappa shape index (κ1) is 20.2. The Morgan fingerprint density at radius 1 is 1.06 bits per heavy atom. The van der Waals surface area contributed by atoms with Crippen LogP contribution in [0.2, 0.25) is 0 Å². The molecule has 2 saturated heterocycles. The molecule has 1 aromatic heterocycles. The minimum Gasteiger partial charge on any atom is -0.339 e. The molecule has 162 valence electrons. The van der Waals surface area contributed by atoms with Crippen molar-refractivity contribution in [3.05, 3.63) is 57.8 Å². The van der Waals surface area contributed by atoms with E-state index in [-0.39, 0.29) is 18.4 Å². The number of nitrogens with zero attached hydrogens (tertiary/aromatic N) is 3. The number of piperazine rings is 1. The van der Waals surface area contributed by atoms with Gasteiger partial charge in [0.25, 0.3) is 5.91 Å². The van der Waals surface area contributed by atoms with E-state index in [0.29, 0.717) is 19.5 Å². The number of fused-ring (bicyclic) bond motifs is 2. The Balaban J connectivity index is 1.21. The number of amides is 4. The highest BCUT2D eigenvalue weighted by Crippen LogP contribution is 2.42. The highest BCUT2D eigenvalue weighted by atomic mass is 32.1. The van der Waals surface area contributed by atoms with Gasteiger partial charge in [-0.15, -0.1) is 11.3 Å². The fourth-order valence-electron chi connectivity index (χ4n) is 4.92. The van der Waals surface area contributed by atoms with Gasteiger partial charge in [-0.3, -0.25) is 19.4 Å². The van der Waals surface area contributed by atoms with Crippen molar-refractivity contribution in [3.63, 3.8) is 0 Å². The molecule has 1 unspecified atom stereocenters. The van der Waals surface area contributed by atoms with Crippen molar-refractivity contribution in [1.82, 2.24) is 20.0 Å². The normalized spacial score (nSPS) is 23.9. The Hall–Kier alpha value is -2.71. The van der Waals surface area contributed by atoms with Crippen LogP contribution in [-0.2, 0) is 28.1 Å². The lowest BCUT2D eigenvalue weighted by Gasteiger charge is -2.35. The van der Waals surface area contributed by atoms with Crippen LogP contribution in [0.4, 0.5) is 4.79 Å². The van der Waals surface area contributed by atoms with Crippen LogP contribution >= 0.6 is 11.3 Å². The third kappa shape index (κ3) is 3.64. The van der Waals surface area contributed by atoms with Crippen molar-refractivity contribution in [2.75, 3.05) is 32.7 Å². The predicted octanol–water partition coefficient (Wildman–Crippen LogP) is 2.18. The molecule has 0 radical (unpaired) electrons. The summed E-state index contributed by atoms with van der Waals surface area (Å²) in [6.07, 6.45) is 2.37. The number of hydrogen-bond donors (Lipinski definition) is 1. The van der Waals surface area contributed by atoms with Gasteiger partial charge in [-0.05, 0) is 36.3 Å².